The molecule has 3 aromatic rings. The molecule has 1 N–H and O–H groups in total. The molecule has 3 heterocycles. The van der Waals surface area contributed by atoms with Gasteiger partial charge in [0.05, 0.1) is 26.0 Å². The Morgan fingerprint density at radius 1 is 1.14 bits per heavy atom. The third-order valence-corrected chi connectivity index (χ3v) is 4.91. The van der Waals surface area contributed by atoms with Crippen LogP contribution in [0, 0.1) is 6.92 Å². The fourth-order valence-electron chi connectivity index (χ4n) is 3.23. The van der Waals surface area contributed by atoms with Gasteiger partial charge in [-0.15, -0.1) is 0 Å². The molecule has 0 spiro atoms. The van der Waals surface area contributed by atoms with E-state index in [-0.39, 0.29) is 0 Å². The van der Waals surface area contributed by atoms with Gasteiger partial charge in [-0.25, -0.2) is 4.98 Å². The molecule has 1 aliphatic rings. The van der Waals surface area contributed by atoms with Gasteiger partial charge in [0.1, 0.15) is 5.75 Å². The number of morpholine rings is 1. The van der Waals surface area contributed by atoms with Gasteiger partial charge in [0.15, 0.2) is 5.76 Å². The van der Waals surface area contributed by atoms with Gasteiger partial charge in [0.25, 0.3) is 6.01 Å². The Kier molecular flexibility index (Phi) is 6.38. The first-order valence-corrected chi connectivity index (χ1v) is 9.95. The highest BCUT2D eigenvalue weighted by atomic mass is 16.5. The number of oxazole rings is 1. The molecule has 7 heteroatoms. The number of hydrogen-bond acceptors (Lipinski definition) is 7. The maximum Gasteiger partial charge on any atom is 0.299 e. The lowest BCUT2D eigenvalue weighted by molar-refractivity contribution is 0.0358. The Morgan fingerprint density at radius 3 is 2.79 bits per heavy atom. The van der Waals surface area contributed by atoms with Crippen LogP contribution in [0.15, 0.2) is 53.3 Å². The zero-order valence-corrected chi connectivity index (χ0v) is 16.6. The predicted molar refractivity (Wildman–Crippen MR) is 112 cm³/mol. The molecular weight excluding hydrogens is 368 g/mol. The number of nitrogens with zero attached hydrogens (tertiary/aromatic N) is 3. The summed E-state index contributed by atoms with van der Waals surface area (Å²) >= 11 is 0. The Hall–Kier alpha value is -2.90. The van der Waals surface area contributed by atoms with Crippen molar-refractivity contribution >= 4 is 11.7 Å². The molecule has 7 nitrogen and oxygen atoms in total. The van der Waals surface area contributed by atoms with Crippen LogP contribution in [0.4, 0.5) is 11.7 Å². The Bertz CT molecular complexity index is 907. The summed E-state index contributed by atoms with van der Waals surface area (Å²) < 4.78 is 17.2. The molecule has 0 saturated carbocycles. The molecule has 0 radical (unpaired) electrons. The van der Waals surface area contributed by atoms with Gasteiger partial charge in [-0.05, 0) is 37.1 Å². The quantitative estimate of drug-likeness (QED) is 0.581. The molecule has 152 valence electrons. The number of benzene rings is 1. The van der Waals surface area contributed by atoms with Crippen molar-refractivity contribution in [2.75, 3.05) is 44.8 Å². The lowest BCUT2D eigenvalue weighted by Crippen LogP contribution is -2.37. The van der Waals surface area contributed by atoms with E-state index >= 15 is 0 Å². The van der Waals surface area contributed by atoms with Crippen LogP contribution in [-0.2, 0) is 4.74 Å². The van der Waals surface area contributed by atoms with Crippen molar-refractivity contribution in [2.45, 2.75) is 13.3 Å². The van der Waals surface area contributed by atoms with Gasteiger partial charge >= 0.3 is 0 Å². The lowest BCUT2D eigenvalue weighted by Gasteiger charge is -2.26. The number of aromatic nitrogens is 2. The third kappa shape index (κ3) is 5.34. The Morgan fingerprint density at radius 2 is 1.97 bits per heavy atom. The maximum absolute atomic E-state index is 5.95. The van der Waals surface area contributed by atoms with E-state index < -0.39 is 0 Å². The second kappa shape index (κ2) is 9.54. The van der Waals surface area contributed by atoms with E-state index in [0.717, 1.165) is 61.8 Å². The summed E-state index contributed by atoms with van der Waals surface area (Å²) in [7, 11) is 0. The largest absolute Gasteiger partial charge is 0.493 e. The Labute approximate surface area is 170 Å². The number of rotatable bonds is 8. The van der Waals surface area contributed by atoms with Gasteiger partial charge in [-0.1, -0.05) is 6.07 Å². The van der Waals surface area contributed by atoms with Gasteiger partial charge < -0.3 is 19.2 Å². The molecule has 4 rings (SSSR count). The minimum atomic E-state index is 0.448. The SMILES string of the molecule is Cc1ccc(OCCCN2CCOCC2)cc1Nc1ncc(-c2ccncc2)o1. The van der Waals surface area contributed by atoms with Crippen LogP contribution >= 0.6 is 0 Å². The minimum Gasteiger partial charge on any atom is -0.493 e. The van der Waals surface area contributed by atoms with Crippen molar-refractivity contribution in [1.82, 2.24) is 14.9 Å². The first kappa shape index (κ1) is 19.4. The van der Waals surface area contributed by atoms with Gasteiger partial charge in [0.2, 0.25) is 0 Å². The molecule has 1 saturated heterocycles. The average Bonchev–Trinajstić information content (AvgIpc) is 3.23. The number of hydrogen-bond donors (Lipinski definition) is 1. The fourth-order valence-corrected chi connectivity index (χ4v) is 3.23. The number of anilines is 2. The molecule has 0 bridgehead atoms. The summed E-state index contributed by atoms with van der Waals surface area (Å²) in [5, 5.41) is 3.25. The number of pyridine rings is 1. The predicted octanol–water partition coefficient (Wildman–Crippen LogP) is 3.89. The van der Waals surface area contributed by atoms with Crippen LogP contribution in [0.5, 0.6) is 5.75 Å². The third-order valence-electron chi connectivity index (χ3n) is 4.91. The van der Waals surface area contributed by atoms with Crippen LogP contribution in [0.2, 0.25) is 0 Å². The number of aryl methyl sites for hydroxylation is 1. The zero-order valence-electron chi connectivity index (χ0n) is 16.6. The van der Waals surface area contributed by atoms with Crippen LogP contribution in [0.3, 0.4) is 0 Å². The highest BCUT2D eigenvalue weighted by Crippen LogP contribution is 2.28. The van der Waals surface area contributed by atoms with Crippen LogP contribution < -0.4 is 10.1 Å². The van der Waals surface area contributed by atoms with E-state index in [4.69, 9.17) is 13.9 Å². The molecule has 1 fully saturated rings. The van der Waals surface area contributed by atoms with Crippen molar-refractivity contribution in [3.05, 3.63) is 54.5 Å². The topological polar surface area (TPSA) is 72.7 Å². The first-order chi connectivity index (χ1) is 14.3. The first-order valence-electron chi connectivity index (χ1n) is 9.95. The molecule has 0 atom stereocenters. The van der Waals surface area contributed by atoms with Gasteiger partial charge in [-0.2, -0.15) is 0 Å². The van der Waals surface area contributed by atoms with Crippen molar-refractivity contribution in [2.24, 2.45) is 0 Å². The molecule has 0 amide bonds. The van der Waals surface area contributed by atoms with E-state index in [1.54, 1.807) is 18.6 Å². The Balaban J connectivity index is 1.33. The molecule has 1 aromatic carbocycles. The van der Waals surface area contributed by atoms with E-state index in [1.165, 1.54) is 0 Å². The second-order valence-corrected chi connectivity index (χ2v) is 7.02. The van der Waals surface area contributed by atoms with E-state index in [1.807, 2.05) is 37.3 Å². The standard InChI is InChI=1S/C22H26N4O3/c1-17-3-4-19(28-12-2-9-26-10-13-27-14-11-26)15-20(17)25-22-24-16-21(29-22)18-5-7-23-8-6-18/h3-8,15-16H,2,9-14H2,1H3,(H,24,25). The van der Waals surface area contributed by atoms with E-state index in [9.17, 15) is 0 Å². The summed E-state index contributed by atoms with van der Waals surface area (Å²) in [4.78, 5) is 10.8. The van der Waals surface area contributed by atoms with Crippen molar-refractivity contribution in [3.8, 4) is 17.1 Å². The fraction of sp³-hybridized carbons (Fsp3) is 0.364. The van der Waals surface area contributed by atoms with E-state index in [0.29, 0.717) is 18.4 Å². The summed E-state index contributed by atoms with van der Waals surface area (Å²) in [6.07, 6.45) is 6.16. The minimum absolute atomic E-state index is 0.448. The molecular formula is C22H26N4O3. The average molecular weight is 394 g/mol. The highest BCUT2D eigenvalue weighted by Gasteiger charge is 2.11. The van der Waals surface area contributed by atoms with Gasteiger partial charge in [-0.3, -0.25) is 9.88 Å². The summed E-state index contributed by atoms with van der Waals surface area (Å²) in [6, 6.07) is 10.2. The maximum atomic E-state index is 5.95. The summed E-state index contributed by atoms with van der Waals surface area (Å²) in [5.41, 5.74) is 2.95. The molecule has 0 aliphatic carbocycles. The van der Waals surface area contributed by atoms with Crippen LogP contribution in [-0.4, -0.2) is 54.3 Å². The van der Waals surface area contributed by atoms with Crippen molar-refractivity contribution in [3.63, 3.8) is 0 Å². The van der Waals surface area contributed by atoms with E-state index in [2.05, 4.69) is 20.2 Å². The lowest BCUT2D eigenvalue weighted by atomic mass is 10.2. The van der Waals surface area contributed by atoms with Crippen LogP contribution in [0.1, 0.15) is 12.0 Å². The molecule has 1 aliphatic heterocycles. The second-order valence-electron chi connectivity index (χ2n) is 7.02. The monoisotopic (exact) mass is 394 g/mol. The number of nitrogens with one attached hydrogen (secondary N) is 1. The smallest absolute Gasteiger partial charge is 0.299 e. The van der Waals surface area contributed by atoms with Gasteiger partial charge in [0, 0.05) is 49.3 Å². The zero-order chi connectivity index (χ0) is 19.9. The normalized spacial score (nSPS) is 14.7. The van der Waals surface area contributed by atoms with Crippen LogP contribution in [0.25, 0.3) is 11.3 Å². The molecule has 0 unspecified atom stereocenters. The molecule has 29 heavy (non-hydrogen) atoms. The number of ether oxygens (including phenoxy) is 2. The summed E-state index contributed by atoms with van der Waals surface area (Å²) in [5.74, 6) is 1.53. The van der Waals surface area contributed by atoms with Crippen molar-refractivity contribution < 1.29 is 13.9 Å². The van der Waals surface area contributed by atoms with Crippen molar-refractivity contribution in [1.29, 1.82) is 0 Å². The highest BCUT2D eigenvalue weighted by molar-refractivity contribution is 5.62. The summed E-state index contributed by atoms with van der Waals surface area (Å²) in [6.45, 7) is 7.44. The molecule has 2 aromatic heterocycles.